The Hall–Kier alpha value is -2.43. The Bertz CT molecular complexity index is 843. The maximum atomic E-state index is 10.3. The van der Waals surface area contributed by atoms with Crippen LogP contribution in [0, 0.1) is 0 Å². The van der Waals surface area contributed by atoms with Crippen LogP contribution in [0.15, 0.2) is 77.1 Å². The molecule has 3 aromatic rings. The first kappa shape index (κ1) is 15.1. The number of aliphatic imine (C=N–C) groups is 1. The van der Waals surface area contributed by atoms with E-state index in [1.807, 2.05) is 42.5 Å². The van der Waals surface area contributed by atoms with E-state index >= 15 is 0 Å². The zero-order valence-electron chi connectivity index (χ0n) is 13.1. The summed E-state index contributed by atoms with van der Waals surface area (Å²) in [5.41, 5.74) is 3.13. The van der Waals surface area contributed by atoms with E-state index in [9.17, 15) is 5.11 Å². The Morgan fingerprint density at radius 2 is 1.75 bits per heavy atom. The first-order valence-electron chi connectivity index (χ1n) is 8.01. The molecule has 0 spiro atoms. The maximum Gasteiger partial charge on any atom is 0.135 e. The highest BCUT2D eigenvalue weighted by Gasteiger charge is 2.27. The minimum absolute atomic E-state index is 0.0333. The van der Waals surface area contributed by atoms with E-state index in [2.05, 4.69) is 28.9 Å². The van der Waals surface area contributed by atoms with Crippen LogP contribution in [0.4, 0.5) is 0 Å². The third kappa shape index (κ3) is 2.98. The zero-order valence-corrected chi connectivity index (χ0v) is 13.9. The molecule has 0 bridgehead atoms. The summed E-state index contributed by atoms with van der Waals surface area (Å²) in [6, 6.07) is 22.0. The second kappa shape index (κ2) is 6.59. The predicted octanol–water partition coefficient (Wildman–Crippen LogP) is 4.68. The zero-order chi connectivity index (χ0) is 16.4. The number of thiophene rings is 1. The smallest absolute Gasteiger partial charge is 0.135 e. The molecule has 2 heterocycles. The van der Waals surface area contributed by atoms with Crippen LogP contribution in [0.5, 0.6) is 5.75 Å². The molecule has 1 aliphatic rings. The molecule has 0 unspecified atom stereocenters. The van der Waals surface area contributed by atoms with Crippen molar-refractivity contribution in [2.75, 3.05) is 0 Å². The number of aromatic hydroxyl groups is 1. The molecule has 0 radical (unpaired) electrons. The van der Waals surface area contributed by atoms with Gasteiger partial charge >= 0.3 is 0 Å². The van der Waals surface area contributed by atoms with Crippen LogP contribution in [0.25, 0.3) is 0 Å². The molecular formula is C20H18N2OS. The quantitative estimate of drug-likeness (QED) is 0.731. The normalized spacial score (nSPS) is 20.6. The summed E-state index contributed by atoms with van der Waals surface area (Å²) in [6.45, 7) is 0. The molecular weight excluding hydrogens is 316 g/mol. The van der Waals surface area contributed by atoms with Crippen LogP contribution in [0.2, 0.25) is 0 Å². The SMILES string of the molecule is Oc1ccccc1[C@@H]1CC(c2ccccc2)=N[C@@H](c2cccs2)N1. The summed E-state index contributed by atoms with van der Waals surface area (Å²) in [6.07, 6.45) is 0.669. The number of rotatable bonds is 3. The van der Waals surface area contributed by atoms with Gasteiger partial charge in [0.05, 0.1) is 0 Å². The van der Waals surface area contributed by atoms with Gasteiger partial charge in [-0.25, -0.2) is 0 Å². The largest absolute Gasteiger partial charge is 0.508 e. The molecule has 4 rings (SSSR count). The van der Waals surface area contributed by atoms with Crippen molar-refractivity contribution < 1.29 is 5.11 Å². The van der Waals surface area contributed by atoms with Crippen molar-refractivity contribution in [2.24, 2.45) is 4.99 Å². The van der Waals surface area contributed by atoms with Crippen molar-refractivity contribution in [3.8, 4) is 5.75 Å². The lowest BCUT2D eigenvalue weighted by Crippen LogP contribution is -2.32. The van der Waals surface area contributed by atoms with Crippen molar-refractivity contribution in [3.63, 3.8) is 0 Å². The van der Waals surface area contributed by atoms with Gasteiger partial charge in [0.25, 0.3) is 0 Å². The highest BCUT2D eigenvalue weighted by atomic mass is 32.1. The van der Waals surface area contributed by atoms with Gasteiger partial charge in [0, 0.05) is 28.6 Å². The minimum Gasteiger partial charge on any atom is -0.508 e. The molecule has 2 atom stereocenters. The molecule has 0 fully saturated rings. The van der Waals surface area contributed by atoms with Crippen molar-refractivity contribution in [1.82, 2.24) is 5.32 Å². The lowest BCUT2D eigenvalue weighted by Gasteiger charge is -2.30. The topological polar surface area (TPSA) is 44.6 Å². The van der Waals surface area contributed by atoms with E-state index in [1.165, 1.54) is 4.88 Å². The van der Waals surface area contributed by atoms with Gasteiger partial charge in [-0.3, -0.25) is 10.3 Å². The molecule has 2 N–H and O–H groups in total. The Balaban J connectivity index is 1.74. The van der Waals surface area contributed by atoms with Crippen LogP contribution in [0.1, 0.15) is 34.6 Å². The monoisotopic (exact) mass is 334 g/mol. The fourth-order valence-electron chi connectivity index (χ4n) is 3.09. The number of phenols is 1. The van der Waals surface area contributed by atoms with Gasteiger partial charge in [0.1, 0.15) is 11.9 Å². The van der Waals surface area contributed by atoms with Gasteiger partial charge in [-0.15, -0.1) is 11.3 Å². The summed E-state index contributed by atoms with van der Waals surface area (Å²) >= 11 is 1.70. The van der Waals surface area contributed by atoms with Crippen molar-refractivity contribution >= 4 is 17.0 Å². The van der Waals surface area contributed by atoms with Gasteiger partial charge in [-0.05, 0) is 23.1 Å². The summed E-state index contributed by atoms with van der Waals surface area (Å²) in [7, 11) is 0. The second-order valence-corrected chi connectivity index (χ2v) is 6.82. The number of hydrogen-bond donors (Lipinski definition) is 2. The summed E-state index contributed by atoms with van der Waals surface area (Å²) in [5, 5.41) is 15.9. The summed E-state index contributed by atoms with van der Waals surface area (Å²) in [4.78, 5) is 6.12. The fraction of sp³-hybridized carbons (Fsp3) is 0.150. The van der Waals surface area contributed by atoms with Crippen LogP contribution < -0.4 is 5.32 Å². The number of hydrogen-bond acceptors (Lipinski definition) is 4. The molecule has 2 aromatic carbocycles. The molecule has 1 aromatic heterocycles. The molecule has 24 heavy (non-hydrogen) atoms. The number of nitrogens with one attached hydrogen (secondary N) is 1. The van der Waals surface area contributed by atoms with Crippen molar-refractivity contribution in [3.05, 3.63) is 88.1 Å². The molecule has 0 saturated heterocycles. The molecule has 0 saturated carbocycles. The lowest BCUT2D eigenvalue weighted by molar-refractivity contribution is 0.415. The first-order chi connectivity index (χ1) is 11.8. The Morgan fingerprint density at radius 1 is 0.958 bits per heavy atom. The van der Waals surface area contributed by atoms with Crippen LogP contribution in [0.3, 0.4) is 0 Å². The van der Waals surface area contributed by atoms with E-state index < -0.39 is 0 Å². The van der Waals surface area contributed by atoms with Crippen molar-refractivity contribution in [2.45, 2.75) is 18.6 Å². The predicted molar refractivity (Wildman–Crippen MR) is 98.6 cm³/mol. The minimum atomic E-state index is -0.0847. The fourth-order valence-corrected chi connectivity index (χ4v) is 3.81. The Kier molecular flexibility index (Phi) is 4.15. The van der Waals surface area contributed by atoms with Crippen LogP contribution >= 0.6 is 11.3 Å². The lowest BCUT2D eigenvalue weighted by atomic mass is 9.94. The summed E-state index contributed by atoms with van der Waals surface area (Å²) in [5.74, 6) is 0.328. The highest BCUT2D eigenvalue weighted by molar-refractivity contribution is 7.10. The summed E-state index contributed by atoms with van der Waals surface area (Å²) < 4.78 is 0. The third-order valence-corrected chi connectivity index (χ3v) is 5.20. The Morgan fingerprint density at radius 3 is 2.50 bits per heavy atom. The number of para-hydroxylation sites is 1. The Labute approximate surface area is 145 Å². The van der Waals surface area contributed by atoms with E-state index in [0.29, 0.717) is 5.75 Å². The number of phenolic OH excluding ortho intramolecular Hbond substituents is 1. The van der Waals surface area contributed by atoms with Gasteiger partial charge in [0.2, 0.25) is 0 Å². The molecule has 0 aliphatic carbocycles. The van der Waals surface area contributed by atoms with E-state index in [1.54, 1.807) is 17.4 Å². The second-order valence-electron chi connectivity index (χ2n) is 5.84. The van der Waals surface area contributed by atoms with Gasteiger partial charge in [-0.1, -0.05) is 54.6 Å². The number of nitrogens with zero attached hydrogens (tertiary/aromatic N) is 1. The standard InChI is InChI=1S/C20H18N2OS/c23-18-10-5-4-9-15(18)17-13-16(14-7-2-1-3-8-14)21-20(22-17)19-11-6-12-24-19/h1-12,17,20,22-23H,13H2/t17-,20+/m0/s1. The maximum absolute atomic E-state index is 10.3. The average Bonchev–Trinajstić information content (AvgIpc) is 3.17. The molecule has 120 valence electrons. The first-order valence-corrected chi connectivity index (χ1v) is 8.88. The molecule has 4 heteroatoms. The molecule has 0 amide bonds. The van der Waals surface area contributed by atoms with E-state index in [4.69, 9.17) is 4.99 Å². The van der Waals surface area contributed by atoms with E-state index in [0.717, 1.165) is 23.3 Å². The van der Waals surface area contributed by atoms with Gasteiger partial charge in [-0.2, -0.15) is 0 Å². The average molecular weight is 334 g/mol. The van der Waals surface area contributed by atoms with Crippen molar-refractivity contribution in [1.29, 1.82) is 0 Å². The highest BCUT2D eigenvalue weighted by Crippen LogP contribution is 2.35. The molecule has 3 nitrogen and oxygen atoms in total. The molecule has 1 aliphatic heterocycles. The number of benzene rings is 2. The van der Waals surface area contributed by atoms with Gasteiger partial charge < -0.3 is 5.11 Å². The van der Waals surface area contributed by atoms with Crippen LogP contribution in [-0.2, 0) is 0 Å². The van der Waals surface area contributed by atoms with Gasteiger partial charge in [0.15, 0.2) is 0 Å². The third-order valence-electron chi connectivity index (χ3n) is 4.27. The van der Waals surface area contributed by atoms with E-state index in [-0.39, 0.29) is 12.2 Å². The van der Waals surface area contributed by atoms with Crippen LogP contribution in [-0.4, -0.2) is 10.8 Å².